The van der Waals surface area contributed by atoms with Crippen LogP contribution in [0.15, 0.2) is 49.1 Å². The topological polar surface area (TPSA) is 108 Å². The van der Waals surface area contributed by atoms with Gasteiger partial charge in [0.2, 0.25) is 0 Å². The molecule has 0 saturated heterocycles. The number of aromatic nitrogens is 5. The molecule has 0 aromatic carbocycles. The highest BCUT2D eigenvalue weighted by molar-refractivity contribution is 5.66. The summed E-state index contributed by atoms with van der Waals surface area (Å²) >= 11 is 0. The van der Waals surface area contributed by atoms with Crippen molar-refractivity contribution >= 4 is 5.65 Å². The van der Waals surface area contributed by atoms with Gasteiger partial charge in [0.05, 0.1) is 23.6 Å². The number of hydrogen-bond acceptors (Lipinski definition) is 6. The fraction of sp³-hybridized carbons (Fsp3) is 0.273. The molecule has 0 bridgehead atoms. The van der Waals surface area contributed by atoms with Crippen LogP contribution in [0, 0.1) is 11.6 Å². The van der Waals surface area contributed by atoms with E-state index in [0.29, 0.717) is 35.6 Å². The molecule has 1 aliphatic carbocycles. The maximum atomic E-state index is 14.8. The summed E-state index contributed by atoms with van der Waals surface area (Å²) in [5, 5.41) is 0. The molecule has 7 nitrogen and oxygen atoms in total. The van der Waals surface area contributed by atoms with E-state index in [1.165, 1.54) is 24.5 Å². The summed E-state index contributed by atoms with van der Waals surface area (Å²) in [5.74, 6) is -0.645. The summed E-state index contributed by atoms with van der Waals surface area (Å²) in [5.41, 5.74) is 13.6. The molecule has 5 rings (SSSR count). The van der Waals surface area contributed by atoms with Crippen molar-refractivity contribution in [3.8, 4) is 22.6 Å². The molecule has 0 amide bonds. The zero-order chi connectivity index (χ0) is 21.6. The molecule has 0 aliphatic heterocycles. The fourth-order valence-corrected chi connectivity index (χ4v) is 4.06. The smallest absolute Gasteiger partial charge is 0.169 e. The minimum atomic E-state index is -0.749. The largest absolute Gasteiger partial charge is 0.328 e. The van der Waals surface area contributed by atoms with Crippen LogP contribution < -0.4 is 11.5 Å². The van der Waals surface area contributed by atoms with Gasteiger partial charge in [-0.2, -0.15) is 0 Å². The number of halogens is 2. The van der Waals surface area contributed by atoms with Gasteiger partial charge in [-0.25, -0.2) is 23.7 Å². The fourth-order valence-electron chi connectivity index (χ4n) is 4.06. The molecule has 1 fully saturated rings. The van der Waals surface area contributed by atoms with Crippen molar-refractivity contribution in [3.05, 3.63) is 66.5 Å². The highest BCUT2D eigenvalue weighted by Crippen LogP contribution is 2.34. The molecule has 1 aliphatic rings. The zero-order valence-electron chi connectivity index (χ0n) is 16.7. The molecule has 4 heterocycles. The Labute approximate surface area is 177 Å². The SMILES string of the molecule is NC1CCC(N)(c2ncc(F)c(-c3cnc4ccc(-c5ncccc5F)cn34)n2)CC1. The van der Waals surface area contributed by atoms with Crippen LogP contribution in [-0.4, -0.2) is 30.4 Å². The summed E-state index contributed by atoms with van der Waals surface area (Å²) in [7, 11) is 0. The Kier molecular flexibility index (Phi) is 4.71. The van der Waals surface area contributed by atoms with E-state index < -0.39 is 17.2 Å². The van der Waals surface area contributed by atoms with Crippen molar-refractivity contribution in [1.82, 2.24) is 24.3 Å². The molecule has 9 heteroatoms. The van der Waals surface area contributed by atoms with Crippen LogP contribution in [-0.2, 0) is 5.54 Å². The Hall–Kier alpha value is -3.30. The minimum absolute atomic E-state index is 0.0934. The standard InChI is InChI=1S/C22H21F2N7/c23-15-2-1-9-27-19(15)13-3-4-18-28-11-17(31(18)12-13)20-16(24)10-29-21(30-20)22(26)7-5-14(25)6-8-22/h1-4,9-12,14H,5-8,25-26H2. The second kappa shape index (κ2) is 7.44. The Morgan fingerprint density at radius 3 is 2.55 bits per heavy atom. The summed E-state index contributed by atoms with van der Waals surface area (Å²) in [4.78, 5) is 17.1. The second-order valence-electron chi connectivity index (χ2n) is 8.01. The lowest BCUT2D eigenvalue weighted by Crippen LogP contribution is -2.45. The monoisotopic (exact) mass is 421 g/mol. The Bertz CT molecular complexity index is 1260. The van der Waals surface area contributed by atoms with E-state index in [1.807, 2.05) is 0 Å². The molecule has 4 aromatic heterocycles. The molecule has 0 unspecified atom stereocenters. The molecule has 158 valence electrons. The van der Waals surface area contributed by atoms with Crippen LogP contribution in [0.3, 0.4) is 0 Å². The Morgan fingerprint density at radius 2 is 1.77 bits per heavy atom. The predicted octanol–water partition coefficient (Wildman–Crippen LogP) is 3.19. The molecular weight excluding hydrogens is 400 g/mol. The first-order chi connectivity index (χ1) is 14.9. The molecule has 0 atom stereocenters. The van der Waals surface area contributed by atoms with Gasteiger partial charge in [-0.05, 0) is 49.9 Å². The summed E-state index contributed by atoms with van der Waals surface area (Å²) < 4.78 is 30.7. The van der Waals surface area contributed by atoms with Crippen molar-refractivity contribution in [3.63, 3.8) is 0 Å². The van der Waals surface area contributed by atoms with Gasteiger partial charge in [0.15, 0.2) is 5.82 Å². The highest BCUT2D eigenvalue weighted by Gasteiger charge is 2.35. The number of imidazole rings is 1. The first-order valence-corrected chi connectivity index (χ1v) is 10.1. The first-order valence-electron chi connectivity index (χ1n) is 10.1. The molecule has 4 N–H and O–H groups in total. The summed E-state index contributed by atoms with van der Waals surface area (Å²) in [6, 6.07) is 6.42. The van der Waals surface area contributed by atoms with Crippen LogP contribution in [0.4, 0.5) is 8.78 Å². The quantitative estimate of drug-likeness (QED) is 0.526. The van der Waals surface area contributed by atoms with Crippen molar-refractivity contribution in [2.24, 2.45) is 11.5 Å². The number of nitrogens with two attached hydrogens (primary N) is 2. The lowest BCUT2D eigenvalue weighted by atomic mass is 9.80. The van der Waals surface area contributed by atoms with Gasteiger partial charge in [-0.1, -0.05) is 0 Å². The van der Waals surface area contributed by atoms with E-state index in [4.69, 9.17) is 11.5 Å². The molecule has 0 radical (unpaired) electrons. The molecule has 0 spiro atoms. The van der Waals surface area contributed by atoms with E-state index in [2.05, 4.69) is 19.9 Å². The van der Waals surface area contributed by atoms with E-state index in [0.717, 1.165) is 19.0 Å². The maximum absolute atomic E-state index is 14.8. The third-order valence-corrected chi connectivity index (χ3v) is 5.89. The van der Waals surface area contributed by atoms with Crippen LogP contribution in [0.5, 0.6) is 0 Å². The highest BCUT2D eigenvalue weighted by atomic mass is 19.1. The lowest BCUT2D eigenvalue weighted by Gasteiger charge is -2.34. The van der Waals surface area contributed by atoms with Gasteiger partial charge in [0, 0.05) is 24.0 Å². The predicted molar refractivity (Wildman–Crippen MR) is 112 cm³/mol. The number of nitrogens with zero attached hydrogens (tertiary/aromatic N) is 5. The van der Waals surface area contributed by atoms with E-state index in [1.54, 1.807) is 22.7 Å². The van der Waals surface area contributed by atoms with Gasteiger partial charge >= 0.3 is 0 Å². The van der Waals surface area contributed by atoms with Crippen molar-refractivity contribution in [1.29, 1.82) is 0 Å². The van der Waals surface area contributed by atoms with Crippen LogP contribution >= 0.6 is 0 Å². The second-order valence-corrected chi connectivity index (χ2v) is 8.01. The normalized spacial score (nSPS) is 21.5. The van der Waals surface area contributed by atoms with Crippen LogP contribution in [0.2, 0.25) is 0 Å². The number of fused-ring (bicyclic) bond motifs is 1. The Morgan fingerprint density at radius 1 is 0.968 bits per heavy atom. The number of rotatable bonds is 3. The molecule has 31 heavy (non-hydrogen) atoms. The zero-order valence-corrected chi connectivity index (χ0v) is 16.7. The van der Waals surface area contributed by atoms with Gasteiger partial charge < -0.3 is 11.5 Å². The van der Waals surface area contributed by atoms with E-state index in [9.17, 15) is 8.78 Å². The average Bonchev–Trinajstić information content (AvgIpc) is 3.19. The molecule has 1 saturated carbocycles. The Balaban J connectivity index is 1.61. The van der Waals surface area contributed by atoms with Crippen molar-refractivity contribution in [2.75, 3.05) is 0 Å². The first kappa shape index (κ1) is 19.7. The van der Waals surface area contributed by atoms with Gasteiger partial charge in [0.25, 0.3) is 0 Å². The third kappa shape index (κ3) is 3.45. The van der Waals surface area contributed by atoms with E-state index >= 15 is 0 Å². The van der Waals surface area contributed by atoms with Crippen LogP contribution in [0.25, 0.3) is 28.3 Å². The minimum Gasteiger partial charge on any atom is -0.328 e. The summed E-state index contributed by atoms with van der Waals surface area (Å²) in [6.07, 6.45) is 8.66. The summed E-state index contributed by atoms with van der Waals surface area (Å²) in [6.45, 7) is 0. The van der Waals surface area contributed by atoms with Gasteiger partial charge in [-0.3, -0.25) is 9.38 Å². The molecule has 4 aromatic rings. The number of hydrogen-bond donors (Lipinski definition) is 2. The maximum Gasteiger partial charge on any atom is 0.169 e. The number of pyridine rings is 2. The van der Waals surface area contributed by atoms with Gasteiger partial charge in [-0.15, -0.1) is 0 Å². The molecular formula is C22H21F2N7. The average molecular weight is 421 g/mol. The van der Waals surface area contributed by atoms with Gasteiger partial charge in [0.1, 0.15) is 28.7 Å². The van der Waals surface area contributed by atoms with Crippen LogP contribution in [0.1, 0.15) is 31.5 Å². The lowest BCUT2D eigenvalue weighted by molar-refractivity contribution is 0.264. The van der Waals surface area contributed by atoms with Crippen molar-refractivity contribution in [2.45, 2.75) is 37.3 Å². The third-order valence-electron chi connectivity index (χ3n) is 5.89. The van der Waals surface area contributed by atoms with E-state index in [-0.39, 0.29) is 17.4 Å². The van der Waals surface area contributed by atoms with Crippen molar-refractivity contribution < 1.29 is 8.78 Å².